The average Bonchev–Trinajstić information content (AvgIpc) is 2.70. The second-order valence-corrected chi connectivity index (χ2v) is 6.50. The van der Waals surface area contributed by atoms with Crippen molar-refractivity contribution in [1.82, 2.24) is 20.2 Å². The number of hydrogen-bond donors (Lipinski definition) is 3. The van der Waals surface area contributed by atoms with E-state index in [0.29, 0.717) is 34.3 Å². The Balaban J connectivity index is 1.96. The molecule has 2 heterocycles. The number of ether oxygens (including phenoxy) is 2. The number of nitrogen functional groups attached to an aromatic ring is 1. The Bertz CT molecular complexity index is 825. The van der Waals surface area contributed by atoms with Crippen molar-refractivity contribution in [3.05, 3.63) is 48.1 Å². The molecular formula is C21H30N6O2. The van der Waals surface area contributed by atoms with Crippen LogP contribution in [0.15, 0.2) is 36.7 Å². The van der Waals surface area contributed by atoms with Crippen molar-refractivity contribution < 1.29 is 9.47 Å². The fourth-order valence-electron chi connectivity index (χ4n) is 2.54. The average molecular weight is 399 g/mol. The first-order valence-corrected chi connectivity index (χ1v) is 9.61. The van der Waals surface area contributed by atoms with Crippen molar-refractivity contribution in [2.24, 2.45) is 0 Å². The lowest BCUT2D eigenvalue weighted by Crippen LogP contribution is -2.30. The summed E-state index contributed by atoms with van der Waals surface area (Å²) in [5.74, 6) is 1.70. The topological polar surface area (TPSA) is 109 Å². The van der Waals surface area contributed by atoms with Crippen LogP contribution in [0.1, 0.15) is 18.3 Å². The number of aryl methyl sites for hydroxylation is 1. The molecule has 0 saturated heterocycles. The fraction of sp³-hybridized carbons (Fsp3) is 0.381. The summed E-state index contributed by atoms with van der Waals surface area (Å²) < 4.78 is 11.3. The Kier molecular flexibility index (Phi) is 9.07. The minimum Gasteiger partial charge on any atom is -0.455 e. The van der Waals surface area contributed by atoms with E-state index in [9.17, 15) is 0 Å². The minimum absolute atomic E-state index is 0.453. The van der Waals surface area contributed by atoms with Gasteiger partial charge in [-0.05, 0) is 39.1 Å². The summed E-state index contributed by atoms with van der Waals surface area (Å²) >= 11 is 0. The van der Waals surface area contributed by atoms with Gasteiger partial charge in [-0.15, -0.1) is 0 Å². The number of nitrogens with zero attached hydrogens (tertiary/aromatic N) is 3. The molecule has 0 radical (unpaired) electrons. The maximum absolute atomic E-state index is 7.71. The van der Waals surface area contributed by atoms with Crippen LogP contribution in [0, 0.1) is 12.3 Å². The Labute approximate surface area is 172 Å². The molecule has 2 aromatic rings. The number of anilines is 1. The molecule has 0 atom stereocenters. The number of aromatic nitrogens is 2. The molecule has 4 N–H and O–H groups in total. The van der Waals surface area contributed by atoms with Crippen molar-refractivity contribution in [3.63, 3.8) is 0 Å². The SMILES string of the molecule is CCOCCN(C)CCN/C=C(\C=N)c1cc(Oc2ccc(N)nc2C)ccn1. The van der Waals surface area contributed by atoms with E-state index in [1.807, 2.05) is 13.8 Å². The van der Waals surface area contributed by atoms with E-state index in [0.717, 1.165) is 32.8 Å². The lowest BCUT2D eigenvalue weighted by atomic mass is 10.2. The number of hydrogen-bond acceptors (Lipinski definition) is 8. The molecule has 0 amide bonds. The molecule has 0 aromatic carbocycles. The first-order valence-electron chi connectivity index (χ1n) is 9.61. The Hall–Kier alpha value is -2.97. The van der Waals surface area contributed by atoms with E-state index in [1.54, 1.807) is 36.7 Å². The van der Waals surface area contributed by atoms with Crippen LogP contribution in [0.25, 0.3) is 5.57 Å². The fourth-order valence-corrected chi connectivity index (χ4v) is 2.54. The van der Waals surface area contributed by atoms with Gasteiger partial charge < -0.3 is 30.8 Å². The zero-order valence-corrected chi connectivity index (χ0v) is 17.3. The van der Waals surface area contributed by atoms with Crippen molar-refractivity contribution >= 4 is 17.6 Å². The summed E-state index contributed by atoms with van der Waals surface area (Å²) in [5, 5.41) is 11.0. The summed E-state index contributed by atoms with van der Waals surface area (Å²) in [6.45, 7) is 7.81. The molecule has 8 heteroatoms. The highest BCUT2D eigenvalue weighted by Crippen LogP contribution is 2.25. The van der Waals surface area contributed by atoms with Crippen LogP contribution in [0.5, 0.6) is 11.5 Å². The Morgan fingerprint density at radius 3 is 2.86 bits per heavy atom. The molecule has 156 valence electrons. The highest BCUT2D eigenvalue weighted by Gasteiger charge is 2.07. The van der Waals surface area contributed by atoms with Gasteiger partial charge in [0.25, 0.3) is 0 Å². The molecule has 0 saturated carbocycles. The highest BCUT2D eigenvalue weighted by molar-refractivity contribution is 6.07. The molecule has 2 aromatic heterocycles. The first kappa shape index (κ1) is 22.3. The molecular weight excluding hydrogens is 368 g/mol. The van der Waals surface area contributed by atoms with Gasteiger partial charge in [-0.25, -0.2) is 4.98 Å². The summed E-state index contributed by atoms with van der Waals surface area (Å²) in [6, 6.07) is 7.04. The van der Waals surface area contributed by atoms with Crippen LogP contribution in [0.2, 0.25) is 0 Å². The summed E-state index contributed by atoms with van der Waals surface area (Å²) in [7, 11) is 2.05. The second kappa shape index (κ2) is 11.8. The van der Waals surface area contributed by atoms with Crippen LogP contribution in [-0.4, -0.2) is 61.0 Å². The van der Waals surface area contributed by atoms with Crippen LogP contribution in [-0.2, 0) is 4.74 Å². The number of likely N-dealkylation sites (N-methyl/N-ethyl adjacent to an activating group) is 1. The molecule has 8 nitrogen and oxygen atoms in total. The molecule has 0 aliphatic carbocycles. The minimum atomic E-state index is 0.453. The Morgan fingerprint density at radius 2 is 2.14 bits per heavy atom. The predicted octanol–water partition coefficient (Wildman–Crippen LogP) is 2.71. The molecule has 0 aliphatic rings. The van der Waals surface area contributed by atoms with Crippen LogP contribution < -0.4 is 15.8 Å². The number of nitrogens with one attached hydrogen (secondary N) is 2. The van der Waals surface area contributed by atoms with Gasteiger partial charge in [-0.3, -0.25) is 4.98 Å². The van der Waals surface area contributed by atoms with Crippen molar-refractivity contribution in [2.45, 2.75) is 13.8 Å². The number of pyridine rings is 2. The molecule has 0 spiro atoms. The van der Waals surface area contributed by atoms with Crippen molar-refractivity contribution in [2.75, 3.05) is 45.6 Å². The van der Waals surface area contributed by atoms with Gasteiger partial charge >= 0.3 is 0 Å². The van der Waals surface area contributed by atoms with E-state index < -0.39 is 0 Å². The molecule has 0 fully saturated rings. The van der Waals surface area contributed by atoms with Gasteiger partial charge in [0.05, 0.1) is 18.0 Å². The molecule has 0 aliphatic heterocycles. The Morgan fingerprint density at radius 1 is 1.31 bits per heavy atom. The quantitative estimate of drug-likeness (QED) is 0.372. The van der Waals surface area contributed by atoms with E-state index in [4.69, 9.17) is 20.6 Å². The molecule has 0 bridgehead atoms. The monoisotopic (exact) mass is 398 g/mol. The largest absolute Gasteiger partial charge is 0.455 e. The zero-order chi connectivity index (χ0) is 21.1. The molecule has 2 rings (SSSR count). The van der Waals surface area contributed by atoms with E-state index in [2.05, 4.69) is 27.2 Å². The standard InChI is InChI=1S/C21H30N6O2/c1-4-28-12-11-27(3)10-9-24-15-17(14-22)19-13-18(7-8-25-19)29-20-5-6-21(23)26-16(20)2/h5-8,13-15,22,24H,4,9-12H2,1-3H3,(H2,23,26)/b17-15+,22-14?. The van der Waals surface area contributed by atoms with Gasteiger partial charge in [0.2, 0.25) is 0 Å². The highest BCUT2D eigenvalue weighted by atomic mass is 16.5. The first-order chi connectivity index (χ1) is 14.0. The number of nitrogens with two attached hydrogens (primary N) is 1. The van der Waals surface area contributed by atoms with Crippen molar-refractivity contribution in [1.29, 1.82) is 5.41 Å². The van der Waals surface area contributed by atoms with Gasteiger partial charge in [-0.1, -0.05) is 0 Å². The van der Waals surface area contributed by atoms with E-state index in [1.165, 1.54) is 6.21 Å². The maximum Gasteiger partial charge on any atom is 0.148 e. The number of rotatable bonds is 12. The summed E-state index contributed by atoms with van der Waals surface area (Å²) in [5.41, 5.74) is 7.71. The zero-order valence-electron chi connectivity index (χ0n) is 17.3. The summed E-state index contributed by atoms with van der Waals surface area (Å²) in [6.07, 6.45) is 4.73. The van der Waals surface area contributed by atoms with E-state index >= 15 is 0 Å². The lowest BCUT2D eigenvalue weighted by molar-refractivity contribution is 0.123. The normalized spacial score (nSPS) is 11.5. The van der Waals surface area contributed by atoms with Gasteiger partial charge in [0.1, 0.15) is 17.3 Å². The third-order valence-corrected chi connectivity index (χ3v) is 4.19. The van der Waals surface area contributed by atoms with E-state index in [-0.39, 0.29) is 0 Å². The van der Waals surface area contributed by atoms with Crippen LogP contribution in [0.4, 0.5) is 5.82 Å². The summed E-state index contributed by atoms with van der Waals surface area (Å²) in [4.78, 5) is 10.7. The van der Waals surface area contributed by atoms with Gasteiger partial charge in [0, 0.05) is 56.5 Å². The molecule has 29 heavy (non-hydrogen) atoms. The second-order valence-electron chi connectivity index (χ2n) is 6.50. The third-order valence-electron chi connectivity index (χ3n) is 4.19. The van der Waals surface area contributed by atoms with Crippen LogP contribution in [0.3, 0.4) is 0 Å². The van der Waals surface area contributed by atoms with Gasteiger partial charge in [0.15, 0.2) is 0 Å². The maximum atomic E-state index is 7.71. The predicted molar refractivity (Wildman–Crippen MR) is 116 cm³/mol. The lowest BCUT2D eigenvalue weighted by Gasteiger charge is -2.16. The van der Waals surface area contributed by atoms with Gasteiger partial charge in [-0.2, -0.15) is 0 Å². The smallest absolute Gasteiger partial charge is 0.148 e. The third kappa shape index (κ3) is 7.52. The van der Waals surface area contributed by atoms with Crippen LogP contribution >= 0.6 is 0 Å². The molecule has 0 unspecified atom stereocenters. The van der Waals surface area contributed by atoms with Crippen molar-refractivity contribution in [3.8, 4) is 11.5 Å². The number of allylic oxidation sites excluding steroid dienone is 1.